The third kappa shape index (κ3) is 2.27. The molecule has 0 atom stereocenters. The van der Waals surface area contributed by atoms with Crippen molar-refractivity contribution in [2.45, 2.75) is 0 Å². The molecule has 21 heavy (non-hydrogen) atoms. The fourth-order valence-corrected chi connectivity index (χ4v) is 1.95. The predicted octanol–water partition coefficient (Wildman–Crippen LogP) is 1.62. The molecule has 8 heteroatoms. The Morgan fingerprint density at radius 1 is 1.29 bits per heavy atom. The number of hydrogen-bond acceptors (Lipinski definition) is 7. The number of methoxy groups -OCH3 is 1. The van der Waals surface area contributed by atoms with Crippen molar-refractivity contribution in [3.63, 3.8) is 0 Å². The van der Waals surface area contributed by atoms with Gasteiger partial charge in [-0.25, -0.2) is 4.98 Å². The minimum atomic E-state index is 0.0907. The summed E-state index contributed by atoms with van der Waals surface area (Å²) in [6.45, 7) is 0. The lowest BCUT2D eigenvalue weighted by Gasteiger charge is -2.10. The summed E-state index contributed by atoms with van der Waals surface area (Å²) in [4.78, 5) is 4.23. The summed E-state index contributed by atoms with van der Waals surface area (Å²) in [7, 11) is 3.32. The van der Waals surface area contributed by atoms with E-state index in [2.05, 4.69) is 25.8 Å². The Balaban J connectivity index is 2.04. The normalized spacial score (nSPS) is 10.6. The van der Waals surface area contributed by atoms with E-state index in [0.29, 0.717) is 28.9 Å². The van der Waals surface area contributed by atoms with Crippen LogP contribution in [0.4, 0.5) is 17.5 Å². The highest BCUT2D eigenvalue weighted by Crippen LogP contribution is 2.31. The lowest BCUT2D eigenvalue weighted by atomic mass is 10.2. The molecule has 0 unspecified atom stereocenters. The molecule has 0 radical (unpaired) electrons. The molecule has 108 valence electrons. The molecule has 0 amide bonds. The minimum absolute atomic E-state index is 0.0907. The molecular weight excluding hydrogens is 272 g/mol. The number of phenols is 1. The SMILES string of the molecule is CNc1nnc2c(Nc3cc(OC)ccc3O)nccn12. The van der Waals surface area contributed by atoms with Crippen molar-refractivity contribution in [2.24, 2.45) is 0 Å². The van der Waals surface area contributed by atoms with E-state index in [0.717, 1.165) is 0 Å². The predicted molar refractivity (Wildman–Crippen MR) is 78.3 cm³/mol. The molecule has 0 saturated carbocycles. The number of benzene rings is 1. The van der Waals surface area contributed by atoms with E-state index in [4.69, 9.17) is 4.74 Å². The van der Waals surface area contributed by atoms with Crippen LogP contribution in [0.15, 0.2) is 30.6 Å². The number of phenolic OH excluding ortho intramolecular Hbond substituents is 1. The maximum atomic E-state index is 9.91. The molecule has 3 rings (SSSR count). The lowest BCUT2D eigenvalue weighted by molar-refractivity contribution is 0.413. The van der Waals surface area contributed by atoms with Crippen molar-refractivity contribution in [1.82, 2.24) is 19.6 Å². The van der Waals surface area contributed by atoms with Crippen LogP contribution in [0.1, 0.15) is 0 Å². The maximum Gasteiger partial charge on any atom is 0.228 e. The highest BCUT2D eigenvalue weighted by atomic mass is 16.5. The Labute approximate surface area is 120 Å². The molecule has 3 aromatic rings. The van der Waals surface area contributed by atoms with Gasteiger partial charge in [-0.3, -0.25) is 4.40 Å². The number of anilines is 3. The largest absolute Gasteiger partial charge is 0.506 e. The summed E-state index contributed by atoms with van der Waals surface area (Å²) in [6.07, 6.45) is 3.37. The van der Waals surface area contributed by atoms with Gasteiger partial charge < -0.3 is 20.5 Å². The second kappa shape index (κ2) is 5.16. The number of aromatic hydroxyl groups is 1. The van der Waals surface area contributed by atoms with Gasteiger partial charge in [-0.15, -0.1) is 10.2 Å². The number of nitrogens with zero attached hydrogens (tertiary/aromatic N) is 4. The van der Waals surface area contributed by atoms with Gasteiger partial charge in [0.1, 0.15) is 11.5 Å². The van der Waals surface area contributed by atoms with E-state index in [9.17, 15) is 5.11 Å². The average Bonchev–Trinajstić information content (AvgIpc) is 2.93. The zero-order valence-electron chi connectivity index (χ0n) is 11.5. The molecule has 0 spiro atoms. The Hall–Kier alpha value is -3.03. The number of hydrogen-bond donors (Lipinski definition) is 3. The fourth-order valence-electron chi connectivity index (χ4n) is 1.95. The van der Waals surface area contributed by atoms with Crippen molar-refractivity contribution in [3.05, 3.63) is 30.6 Å². The quantitative estimate of drug-likeness (QED) is 0.627. The van der Waals surface area contributed by atoms with Crippen LogP contribution in [-0.4, -0.2) is 38.8 Å². The van der Waals surface area contributed by atoms with E-state index in [1.54, 1.807) is 49.2 Å². The molecule has 3 N–H and O–H groups in total. The number of aromatic nitrogens is 4. The van der Waals surface area contributed by atoms with Crippen molar-refractivity contribution in [2.75, 3.05) is 24.8 Å². The summed E-state index contributed by atoms with van der Waals surface area (Å²) in [5, 5.41) is 24.0. The molecular formula is C13H14N6O2. The summed E-state index contributed by atoms with van der Waals surface area (Å²) in [5.74, 6) is 1.80. The van der Waals surface area contributed by atoms with Crippen LogP contribution in [0.3, 0.4) is 0 Å². The van der Waals surface area contributed by atoms with Crippen molar-refractivity contribution < 1.29 is 9.84 Å². The first kappa shape index (κ1) is 13.0. The zero-order chi connectivity index (χ0) is 14.8. The third-order valence-electron chi connectivity index (χ3n) is 3.01. The number of fused-ring (bicyclic) bond motifs is 1. The van der Waals surface area contributed by atoms with Gasteiger partial charge in [0.2, 0.25) is 11.6 Å². The lowest BCUT2D eigenvalue weighted by Crippen LogP contribution is -2.00. The van der Waals surface area contributed by atoms with Gasteiger partial charge in [-0.05, 0) is 12.1 Å². The van der Waals surface area contributed by atoms with Gasteiger partial charge in [-0.1, -0.05) is 0 Å². The van der Waals surface area contributed by atoms with E-state index < -0.39 is 0 Å². The summed E-state index contributed by atoms with van der Waals surface area (Å²) < 4.78 is 6.90. The molecule has 0 saturated heterocycles. The first-order valence-electron chi connectivity index (χ1n) is 6.24. The molecule has 0 aliphatic carbocycles. The van der Waals surface area contributed by atoms with Gasteiger partial charge in [0.15, 0.2) is 5.82 Å². The molecule has 2 heterocycles. The molecule has 0 fully saturated rings. The molecule has 0 aliphatic rings. The van der Waals surface area contributed by atoms with Crippen LogP contribution < -0.4 is 15.4 Å². The number of rotatable bonds is 4. The Kier molecular flexibility index (Phi) is 3.19. The Morgan fingerprint density at radius 2 is 2.14 bits per heavy atom. The second-order valence-corrected chi connectivity index (χ2v) is 4.25. The van der Waals surface area contributed by atoms with Crippen molar-refractivity contribution >= 4 is 23.1 Å². The van der Waals surface area contributed by atoms with Gasteiger partial charge in [0.05, 0.1) is 12.8 Å². The minimum Gasteiger partial charge on any atom is -0.506 e. The zero-order valence-corrected chi connectivity index (χ0v) is 11.5. The summed E-state index contributed by atoms with van der Waals surface area (Å²) in [5.41, 5.74) is 1.02. The standard InChI is InChI=1S/C13H14N6O2/c1-14-13-18-17-12-11(15-5-6-19(12)13)16-9-7-8(21-2)3-4-10(9)20/h3-7,20H,1-2H3,(H,14,18)(H,15,16). The summed E-state index contributed by atoms with van der Waals surface area (Å²) >= 11 is 0. The molecule has 2 aromatic heterocycles. The summed E-state index contributed by atoms with van der Waals surface area (Å²) in [6, 6.07) is 4.89. The van der Waals surface area contributed by atoms with E-state index in [1.807, 2.05) is 0 Å². The van der Waals surface area contributed by atoms with Crippen LogP contribution in [0.5, 0.6) is 11.5 Å². The third-order valence-corrected chi connectivity index (χ3v) is 3.01. The molecule has 0 bridgehead atoms. The molecule has 0 aliphatic heterocycles. The second-order valence-electron chi connectivity index (χ2n) is 4.25. The van der Waals surface area contributed by atoms with Crippen LogP contribution in [0.2, 0.25) is 0 Å². The van der Waals surface area contributed by atoms with E-state index in [-0.39, 0.29) is 5.75 Å². The van der Waals surface area contributed by atoms with E-state index in [1.165, 1.54) is 0 Å². The molecule has 8 nitrogen and oxygen atoms in total. The monoisotopic (exact) mass is 286 g/mol. The van der Waals surface area contributed by atoms with Crippen LogP contribution in [0.25, 0.3) is 5.65 Å². The maximum absolute atomic E-state index is 9.91. The van der Waals surface area contributed by atoms with Crippen LogP contribution >= 0.6 is 0 Å². The Bertz CT molecular complexity index is 785. The topological polar surface area (TPSA) is 96.6 Å². The van der Waals surface area contributed by atoms with Crippen LogP contribution in [-0.2, 0) is 0 Å². The first-order chi connectivity index (χ1) is 10.2. The van der Waals surface area contributed by atoms with Gasteiger partial charge >= 0.3 is 0 Å². The number of ether oxygens (including phenoxy) is 1. The van der Waals surface area contributed by atoms with Gasteiger partial charge in [0, 0.05) is 25.5 Å². The Morgan fingerprint density at radius 3 is 2.90 bits per heavy atom. The van der Waals surface area contributed by atoms with E-state index >= 15 is 0 Å². The molecule has 1 aromatic carbocycles. The first-order valence-corrected chi connectivity index (χ1v) is 6.24. The smallest absolute Gasteiger partial charge is 0.228 e. The fraction of sp³-hybridized carbons (Fsp3) is 0.154. The van der Waals surface area contributed by atoms with Crippen molar-refractivity contribution in [1.29, 1.82) is 0 Å². The highest BCUT2D eigenvalue weighted by Gasteiger charge is 2.11. The van der Waals surface area contributed by atoms with Gasteiger partial charge in [0.25, 0.3) is 0 Å². The van der Waals surface area contributed by atoms with Crippen LogP contribution in [0, 0.1) is 0 Å². The van der Waals surface area contributed by atoms with Gasteiger partial charge in [-0.2, -0.15) is 0 Å². The highest BCUT2D eigenvalue weighted by molar-refractivity contribution is 5.74. The van der Waals surface area contributed by atoms with Crippen molar-refractivity contribution in [3.8, 4) is 11.5 Å². The average molecular weight is 286 g/mol. The number of nitrogens with one attached hydrogen (secondary N) is 2.